The van der Waals surface area contributed by atoms with Crippen LogP contribution >= 0.6 is 15.9 Å². The number of rotatable bonds is 13. The molecule has 0 aliphatic carbocycles. The molecule has 0 aromatic heterocycles. The van der Waals surface area contributed by atoms with Crippen LogP contribution in [0.5, 0.6) is 23.0 Å². The minimum Gasteiger partial charge on any atom is -0.493 e. The van der Waals surface area contributed by atoms with E-state index in [0.717, 1.165) is 47.1 Å². The fourth-order valence-electron chi connectivity index (χ4n) is 4.24. The van der Waals surface area contributed by atoms with Crippen molar-refractivity contribution < 1.29 is 24.1 Å². The number of piperidine rings is 1. The molecule has 1 heterocycles. The van der Waals surface area contributed by atoms with E-state index in [9.17, 15) is 5.11 Å². The van der Waals surface area contributed by atoms with E-state index in [4.69, 9.17) is 18.9 Å². The Morgan fingerprint density at radius 2 is 1.66 bits per heavy atom. The Balaban J connectivity index is 1.44. The predicted molar refractivity (Wildman–Crippen MR) is 142 cm³/mol. The van der Waals surface area contributed by atoms with Gasteiger partial charge in [0.2, 0.25) is 0 Å². The molecule has 1 aliphatic rings. The lowest BCUT2D eigenvalue weighted by molar-refractivity contribution is 0.0732. The van der Waals surface area contributed by atoms with E-state index in [-0.39, 0.29) is 6.61 Å². The van der Waals surface area contributed by atoms with Gasteiger partial charge in [0, 0.05) is 24.1 Å². The molecule has 1 unspecified atom stereocenters. The van der Waals surface area contributed by atoms with Crippen molar-refractivity contribution in [3.8, 4) is 23.0 Å². The summed E-state index contributed by atoms with van der Waals surface area (Å²) in [6, 6.07) is 11.6. The third-order valence-electron chi connectivity index (χ3n) is 6.30. The minimum atomic E-state index is -0.643. The maximum Gasteiger partial charge on any atom is 0.161 e. The van der Waals surface area contributed by atoms with Gasteiger partial charge < -0.3 is 24.1 Å². The molecule has 194 valence electrons. The largest absolute Gasteiger partial charge is 0.493 e. The van der Waals surface area contributed by atoms with Gasteiger partial charge >= 0.3 is 0 Å². The van der Waals surface area contributed by atoms with E-state index >= 15 is 0 Å². The zero-order chi connectivity index (χ0) is 25.2. The summed E-state index contributed by atoms with van der Waals surface area (Å²) in [7, 11) is 5.23. The van der Waals surface area contributed by atoms with Crippen LogP contribution in [0.2, 0.25) is 0 Å². The first-order valence-electron chi connectivity index (χ1n) is 12.2. The molecule has 0 saturated carbocycles. The van der Waals surface area contributed by atoms with Gasteiger partial charge in [0.05, 0.1) is 14.2 Å². The van der Waals surface area contributed by atoms with Crippen LogP contribution in [0.25, 0.3) is 0 Å². The molecule has 0 spiro atoms. The summed E-state index contributed by atoms with van der Waals surface area (Å²) < 4.78 is 23.6. The first kappa shape index (κ1) is 27.6. The zero-order valence-electron chi connectivity index (χ0n) is 21.3. The smallest absolute Gasteiger partial charge is 0.161 e. The van der Waals surface area contributed by atoms with Crippen LogP contribution in [0.3, 0.4) is 0 Å². The summed E-state index contributed by atoms with van der Waals surface area (Å²) in [4.78, 5) is 4.52. The molecule has 2 aromatic rings. The number of methoxy groups -OCH3 is 2. The average molecular weight is 552 g/mol. The highest BCUT2D eigenvalue weighted by Crippen LogP contribution is 2.31. The second kappa shape index (κ2) is 13.9. The molecule has 2 aromatic carbocycles. The van der Waals surface area contributed by atoms with Crippen LogP contribution in [-0.4, -0.2) is 81.7 Å². The number of halogens is 1. The summed E-state index contributed by atoms with van der Waals surface area (Å²) in [5, 5.41) is 10.5. The lowest BCUT2D eigenvalue weighted by atomic mass is 9.99. The second-order valence-electron chi connectivity index (χ2n) is 9.31. The Hall–Kier alpha value is -2.00. The van der Waals surface area contributed by atoms with Crippen LogP contribution in [-0.2, 0) is 6.54 Å². The van der Waals surface area contributed by atoms with Crippen molar-refractivity contribution >= 4 is 15.9 Å². The van der Waals surface area contributed by atoms with E-state index in [1.54, 1.807) is 14.2 Å². The van der Waals surface area contributed by atoms with Gasteiger partial charge in [0.15, 0.2) is 23.0 Å². The lowest BCUT2D eigenvalue weighted by Crippen LogP contribution is -2.35. The Morgan fingerprint density at radius 1 is 1.00 bits per heavy atom. The molecule has 1 atom stereocenters. The van der Waals surface area contributed by atoms with Crippen molar-refractivity contribution in [2.24, 2.45) is 5.92 Å². The lowest BCUT2D eigenvalue weighted by Gasteiger charge is -2.30. The number of likely N-dealkylation sites (N-methyl/N-ethyl adjacent to an activating group) is 1. The average Bonchev–Trinajstić information content (AvgIpc) is 2.85. The maximum absolute atomic E-state index is 10.5. The number of hydrogen-bond acceptors (Lipinski definition) is 7. The number of aliphatic hydroxyl groups excluding tert-OH is 1. The second-order valence-corrected chi connectivity index (χ2v) is 10.2. The van der Waals surface area contributed by atoms with Crippen LogP contribution in [0, 0.1) is 5.92 Å². The molecule has 1 N–H and O–H groups in total. The van der Waals surface area contributed by atoms with Gasteiger partial charge in [-0.15, -0.1) is 0 Å². The Kier molecular flexibility index (Phi) is 11.0. The van der Waals surface area contributed by atoms with Crippen LogP contribution in [0.15, 0.2) is 40.9 Å². The topological polar surface area (TPSA) is 63.6 Å². The molecule has 1 saturated heterocycles. The van der Waals surface area contributed by atoms with Crippen molar-refractivity contribution in [3.63, 3.8) is 0 Å². The van der Waals surface area contributed by atoms with E-state index in [1.165, 1.54) is 12.8 Å². The van der Waals surface area contributed by atoms with Crippen molar-refractivity contribution in [2.75, 3.05) is 60.7 Å². The molecule has 0 amide bonds. The molecule has 1 fully saturated rings. The highest BCUT2D eigenvalue weighted by atomic mass is 79.9. The summed E-state index contributed by atoms with van der Waals surface area (Å²) in [6.45, 7) is 7.53. The van der Waals surface area contributed by atoms with Gasteiger partial charge in [-0.2, -0.15) is 0 Å². The Morgan fingerprint density at radius 3 is 2.37 bits per heavy atom. The number of likely N-dealkylation sites (tertiary alicyclic amines) is 1. The van der Waals surface area contributed by atoms with E-state index in [1.807, 2.05) is 43.4 Å². The third-order valence-corrected chi connectivity index (χ3v) is 6.79. The summed E-state index contributed by atoms with van der Waals surface area (Å²) in [5.41, 5.74) is 1.09. The van der Waals surface area contributed by atoms with Crippen molar-refractivity contribution in [1.29, 1.82) is 0 Å². The van der Waals surface area contributed by atoms with Crippen molar-refractivity contribution in [2.45, 2.75) is 32.4 Å². The fraction of sp³-hybridized carbons (Fsp3) is 0.556. The molecule has 1 aliphatic heterocycles. The number of benzene rings is 2. The van der Waals surface area contributed by atoms with Gasteiger partial charge in [-0.1, -0.05) is 28.9 Å². The van der Waals surface area contributed by atoms with Crippen molar-refractivity contribution in [3.05, 3.63) is 46.4 Å². The standard InChI is InChI=1S/C27H39BrN2O5/c1-20-9-11-30(12-10-20)13-14-34-24-7-5-21(15-26(24)32-3)17-29(2)18-23(31)19-35-25-8-6-22(28)16-27(25)33-4/h5-8,15-16,20,23,31H,9-14,17-19H2,1-4H3. The van der Waals surface area contributed by atoms with Crippen molar-refractivity contribution in [1.82, 2.24) is 9.80 Å². The van der Waals surface area contributed by atoms with Gasteiger partial charge in [0.1, 0.15) is 19.3 Å². The van der Waals surface area contributed by atoms with Gasteiger partial charge in [-0.3, -0.25) is 9.80 Å². The maximum atomic E-state index is 10.5. The first-order chi connectivity index (χ1) is 16.9. The highest BCUT2D eigenvalue weighted by Gasteiger charge is 2.16. The molecule has 8 heteroatoms. The monoisotopic (exact) mass is 550 g/mol. The molecule has 0 radical (unpaired) electrons. The zero-order valence-corrected chi connectivity index (χ0v) is 22.9. The third kappa shape index (κ3) is 8.86. The van der Waals surface area contributed by atoms with Gasteiger partial charge in [-0.25, -0.2) is 0 Å². The summed E-state index contributed by atoms with van der Waals surface area (Å²) >= 11 is 3.42. The minimum absolute atomic E-state index is 0.175. The normalized spacial score (nSPS) is 15.7. The van der Waals surface area contributed by atoms with Crippen LogP contribution < -0.4 is 18.9 Å². The fourth-order valence-corrected chi connectivity index (χ4v) is 4.58. The molecule has 7 nitrogen and oxygen atoms in total. The Labute approximate surface area is 218 Å². The molecule has 0 bridgehead atoms. The molecule has 35 heavy (non-hydrogen) atoms. The van der Waals surface area contributed by atoms with Crippen LogP contribution in [0.1, 0.15) is 25.3 Å². The van der Waals surface area contributed by atoms with E-state index in [0.29, 0.717) is 31.2 Å². The van der Waals surface area contributed by atoms with Gasteiger partial charge in [0.25, 0.3) is 0 Å². The van der Waals surface area contributed by atoms with Gasteiger partial charge in [-0.05, 0) is 74.8 Å². The summed E-state index contributed by atoms with van der Waals surface area (Å²) in [6.07, 6.45) is 1.89. The molecular formula is C27H39BrN2O5. The number of ether oxygens (including phenoxy) is 4. The first-order valence-corrected chi connectivity index (χ1v) is 13.0. The number of aliphatic hydroxyl groups is 1. The number of nitrogens with zero attached hydrogens (tertiary/aromatic N) is 2. The quantitative estimate of drug-likeness (QED) is 0.395. The van der Waals surface area contributed by atoms with E-state index in [2.05, 4.69) is 32.7 Å². The Bertz CT molecular complexity index is 920. The van der Waals surface area contributed by atoms with Crippen LogP contribution in [0.4, 0.5) is 0 Å². The number of hydrogen-bond donors (Lipinski definition) is 1. The van der Waals surface area contributed by atoms with E-state index < -0.39 is 6.10 Å². The summed E-state index contributed by atoms with van der Waals surface area (Å²) in [5.74, 6) is 3.56. The predicted octanol–water partition coefficient (Wildman–Crippen LogP) is 4.45. The SMILES string of the molecule is COc1cc(CN(C)CC(O)COc2ccc(Br)cc2OC)ccc1OCCN1CCC(C)CC1. The highest BCUT2D eigenvalue weighted by molar-refractivity contribution is 9.10. The molecular weight excluding hydrogens is 512 g/mol. The molecule has 3 rings (SSSR count).